The van der Waals surface area contributed by atoms with E-state index in [1.165, 1.54) is 36.5 Å². The van der Waals surface area contributed by atoms with Crippen molar-refractivity contribution in [3.05, 3.63) is 95.4 Å². The van der Waals surface area contributed by atoms with Crippen molar-refractivity contribution < 1.29 is 27.6 Å². The van der Waals surface area contributed by atoms with Crippen LogP contribution in [0.25, 0.3) is 22.4 Å². The summed E-state index contributed by atoms with van der Waals surface area (Å²) in [5, 5.41) is 18.3. The van der Waals surface area contributed by atoms with E-state index in [-0.39, 0.29) is 29.4 Å². The molecule has 3 aromatic carbocycles. The molecule has 38 heavy (non-hydrogen) atoms. The monoisotopic (exact) mass is 520 g/mol. The van der Waals surface area contributed by atoms with Crippen LogP contribution in [0.15, 0.2) is 82.6 Å². The van der Waals surface area contributed by atoms with Crippen molar-refractivity contribution in [2.24, 2.45) is 5.10 Å². The lowest BCUT2D eigenvalue weighted by Gasteiger charge is -2.05. The van der Waals surface area contributed by atoms with E-state index in [1.54, 1.807) is 0 Å². The second kappa shape index (κ2) is 9.73. The van der Waals surface area contributed by atoms with E-state index in [2.05, 4.69) is 20.7 Å². The summed E-state index contributed by atoms with van der Waals surface area (Å²) in [6.45, 7) is 0.285. The number of nitrogens with one attached hydrogen (secondary N) is 1. The van der Waals surface area contributed by atoms with E-state index in [0.29, 0.717) is 11.4 Å². The number of nitrogens with two attached hydrogens (primary N) is 1. The second-order valence-electron chi connectivity index (χ2n) is 8.33. The molecule has 0 saturated carbocycles. The first kappa shape index (κ1) is 24.6. The Morgan fingerprint density at radius 1 is 1.11 bits per heavy atom. The smallest absolute Gasteiger partial charge is 0.416 e. The summed E-state index contributed by atoms with van der Waals surface area (Å²) in [5.41, 5.74) is 9.62. The van der Waals surface area contributed by atoms with Crippen LogP contribution in [-0.2, 0) is 12.7 Å². The predicted octanol–water partition coefficient (Wildman–Crippen LogP) is 4.81. The summed E-state index contributed by atoms with van der Waals surface area (Å²) in [7, 11) is 0. The summed E-state index contributed by atoms with van der Waals surface area (Å²) in [4.78, 5) is 16.5. The molecule has 0 unspecified atom stereocenters. The van der Waals surface area contributed by atoms with Gasteiger partial charge < -0.3 is 19.9 Å². The van der Waals surface area contributed by atoms with E-state index in [4.69, 9.17) is 10.3 Å². The number of phenolic OH excluding ortho intramolecular Hbond substituents is 1. The largest absolute Gasteiger partial charge is 0.506 e. The SMILES string of the molecule is Nc1cc(C(=O)N/N=C/c2ccc3c(ccn3Cc3noc(-c4ccc(C(F)(F)F)cc4)n3)c2)ccc1O. The fourth-order valence-electron chi connectivity index (χ4n) is 3.75. The Morgan fingerprint density at radius 3 is 2.63 bits per heavy atom. The highest BCUT2D eigenvalue weighted by Gasteiger charge is 2.30. The summed E-state index contributed by atoms with van der Waals surface area (Å²) in [6, 6.07) is 16.1. The third-order valence-corrected chi connectivity index (χ3v) is 5.70. The number of carbonyl (C=O) groups is 1. The van der Waals surface area contributed by atoms with E-state index in [1.807, 2.05) is 35.0 Å². The molecule has 192 valence electrons. The molecule has 0 saturated heterocycles. The predicted molar refractivity (Wildman–Crippen MR) is 133 cm³/mol. The van der Waals surface area contributed by atoms with E-state index in [0.717, 1.165) is 28.6 Å². The van der Waals surface area contributed by atoms with Crippen molar-refractivity contribution in [1.82, 2.24) is 20.1 Å². The van der Waals surface area contributed by atoms with E-state index in [9.17, 15) is 23.1 Å². The Balaban J connectivity index is 1.25. The molecule has 0 aliphatic rings. The molecular formula is C26H19F3N6O3. The molecule has 5 aromatic rings. The van der Waals surface area contributed by atoms with Gasteiger partial charge in [-0.05, 0) is 66.2 Å². The van der Waals surface area contributed by atoms with Crippen molar-refractivity contribution in [3.63, 3.8) is 0 Å². The van der Waals surface area contributed by atoms with Crippen LogP contribution in [0, 0.1) is 0 Å². The number of amides is 1. The highest BCUT2D eigenvalue weighted by molar-refractivity contribution is 5.96. The summed E-state index contributed by atoms with van der Waals surface area (Å²) in [6.07, 6.45) is -1.08. The number of hydrogen-bond acceptors (Lipinski definition) is 7. The van der Waals surface area contributed by atoms with Crippen LogP contribution in [0.1, 0.15) is 27.3 Å². The molecule has 5 rings (SSSR count). The Kier molecular flexibility index (Phi) is 6.29. The number of benzene rings is 3. The lowest BCUT2D eigenvalue weighted by molar-refractivity contribution is -0.137. The van der Waals surface area contributed by atoms with Crippen molar-refractivity contribution in [3.8, 4) is 17.2 Å². The van der Waals surface area contributed by atoms with Crippen molar-refractivity contribution in [2.75, 3.05) is 5.73 Å². The number of aromatic nitrogens is 3. The summed E-state index contributed by atoms with van der Waals surface area (Å²) < 4.78 is 45.5. The number of carbonyl (C=O) groups excluding carboxylic acids is 1. The minimum absolute atomic E-state index is 0.0910. The number of halogens is 3. The van der Waals surface area contributed by atoms with Gasteiger partial charge in [-0.3, -0.25) is 4.79 Å². The fourth-order valence-corrected chi connectivity index (χ4v) is 3.75. The van der Waals surface area contributed by atoms with Gasteiger partial charge in [0.15, 0.2) is 5.82 Å². The van der Waals surface area contributed by atoms with E-state index >= 15 is 0 Å². The van der Waals surface area contributed by atoms with Gasteiger partial charge in [-0.1, -0.05) is 11.2 Å². The molecule has 4 N–H and O–H groups in total. The molecule has 2 heterocycles. The number of rotatable bonds is 6. The molecule has 9 nitrogen and oxygen atoms in total. The van der Waals surface area contributed by atoms with Crippen LogP contribution in [-0.4, -0.2) is 31.9 Å². The number of anilines is 1. The average molecular weight is 520 g/mol. The van der Waals surface area contributed by atoms with Crippen LogP contribution >= 0.6 is 0 Å². The topological polar surface area (TPSA) is 132 Å². The summed E-state index contributed by atoms with van der Waals surface area (Å²) in [5.74, 6) is -0.0958. The number of hydrazone groups is 1. The van der Waals surface area contributed by atoms with Gasteiger partial charge in [0.2, 0.25) is 0 Å². The fraction of sp³-hybridized carbons (Fsp3) is 0.0769. The normalized spacial score (nSPS) is 11.9. The van der Waals surface area contributed by atoms with Gasteiger partial charge in [-0.2, -0.15) is 23.3 Å². The lowest BCUT2D eigenvalue weighted by atomic mass is 10.1. The van der Waals surface area contributed by atoms with Gasteiger partial charge in [0.05, 0.1) is 24.0 Å². The number of fused-ring (bicyclic) bond motifs is 1. The molecule has 12 heteroatoms. The van der Waals surface area contributed by atoms with E-state index < -0.39 is 17.6 Å². The highest BCUT2D eigenvalue weighted by atomic mass is 19.4. The van der Waals surface area contributed by atoms with Gasteiger partial charge in [0.25, 0.3) is 11.8 Å². The third-order valence-electron chi connectivity index (χ3n) is 5.70. The average Bonchev–Trinajstić information content (AvgIpc) is 3.52. The minimum atomic E-state index is -4.42. The van der Waals surface area contributed by atoms with Crippen molar-refractivity contribution in [2.45, 2.75) is 12.7 Å². The number of aromatic hydroxyl groups is 1. The van der Waals surface area contributed by atoms with Crippen molar-refractivity contribution >= 4 is 28.7 Å². The second-order valence-corrected chi connectivity index (χ2v) is 8.33. The third kappa shape index (κ3) is 5.19. The molecule has 0 aliphatic heterocycles. The first-order chi connectivity index (χ1) is 18.2. The zero-order valence-electron chi connectivity index (χ0n) is 19.5. The molecule has 0 aliphatic carbocycles. The Labute approximate surface area is 213 Å². The maximum Gasteiger partial charge on any atom is 0.416 e. The van der Waals surface area contributed by atoms with Crippen molar-refractivity contribution in [1.29, 1.82) is 0 Å². The quantitative estimate of drug-likeness (QED) is 0.127. The minimum Gasteiger partial charge on any atom is -0.506 e. The first-order valence-electron chi connectivity index (χ1n) is 11.2. The van der Waals surface area contributed by atoms with Crippen LogP contribution in [0.3, 0.4) is 0 Å². The standard InChI is InChI=1S/C26H19F3N6O3/c27-26(28,29)19-5-2-16(3-6-19)25-32-23(34-38-25)14-35-10-9-17-11-15(1-7-21(17)35)13-31-33-24(37)18-4-8-22(36)20(30)12-18/h1-13,36H,14,30H2,(H,33,37)/b31-13+. The lowest BCUT2D eigenvalue weighted by Crippen LogP contribution is -2.17. The molecule has 1 amide bonds. The number of alkyl halides is 3. The van der Waals surface area contributed by atoms with Crippen LogP contribution in [0.2, 0.25) is 0 Å². The number of nitrogen functional groups attached to an aromatic ring is 1. The molecule has 0 bridgehead atoms. The first-order valence-corrected chi connectivity index (χ1v) is 11.2. The Morgan fingerprint density at radius 2 is 1.89 bits per heavy atom. The van der Waals surface area contributed by atoms with Gasteiger partial charge in [-0.25, -0.2) is 5.43 Å². The molecule has 0 fully saturated rings. The maximum atomic E-state index is 12.8. The Bertz CT molecular complexity index is 1660. The zero-order valence-corrected chi connectivity index (χ0v) is 19.5. The van der Waals surface area contributed by atoms with Gasteiger partial charge in [0.1, 0.15) is 5.75 Å². The number of nitrogens with zero attached hydrogens (tertiary/aromatic N) is 4. The van der Waals surface area contributed by atoms with Crippen LogP contribution < -0.4 is 11.2 Å². The number of hydrogen-bond donors (Lipinski definition) is 3. The molecular weight excluding hydrogens is 501 g/mol. The zero-order chi connectivity index (χ0) is 26.9. The Hall–Kier alpha value is -5.13. The molecule has 0 atom stereocenters. The maximum absolute atomic E-state index is 12.8. The van der Waals surface area contributed by atoms with Gasteiger partial charge in [0, 0.05) is 28.2 Å². The highest BCUT2D eigenvalue weighted by Crippen LogP contribution is 2.30. The van der Waals surface area contributed by atoms with Crippen LogP contribution in [0.5, 0.6) is 5.75 Å². The molecule has 0 radical (unpaired) electrons. The number of phenols is 1. The van der Waals surface area contributed by atoms with Crippen LogP contribution in [0.4, 0.5) is 18.9 Å². The molecule has 0 spiro atoms. The molecule has 2 aromatic heterocycles. The van der Waals surface area contributed by atoms with Gasteiger partial charge >= 0.3 is 6.18 Å². The van der Waals surface area contributed by atoms with Gasteiger partial charge in [-0.15, -0.1) is 0 Å². The summed E-state index contributed by atoms with van der Waals surface area (Å²) >= 11 is 0.